The Morgan fingerprint density at radius 1 is 1.60 bits per heavy atom. The third-order valence-electron chi connectivity index (χ3n) is 0.844. The van der Waals surface area contributed by atoms with Gasteiger partial charge in [-0.2, -0.15) is 0 Å². The van der Waals surface area contributed by atoms with Crippen molar-refractivity contribution in [1.82, 2.24) is 0 Å². The molecule has 0 aliphatic heterocycles. The van der Waals surface area contributed by atoms with Gasteiger partial charge in [-0.15, -0.1) is 0 Å². The van der Waals surface area contributed by atoms with E-state index in [2.05, 4.69) is 0 Å². The zero-order valence-electron chi connectivity index (χ0n) is 5.55. The summed E-state index contributed by atoms with van der Waals surface area (Å²) < 4.78 is 0. The molecule has 10 heavy (non-hydrogen) atoms. The van der Waals surface area contributed by atoms with Crippen molar-refractivity contribution in [2.24, 2.45) is 5.73 Å². The van der Waals surface area contributed by atoms with Gasteiger partial charge in [-0.1, -0.05) is 0 Å². The van der Waals surface area contributed by atoms with Crippen molar-refractivity contribution in [3.05, 3.63) is 11.8 Å². The molecule has 0 heterocycles. The van der Waals surface area contributed by atoms with Gasteiger partial charge in [0.05, 0.1) is 11.4 Å². The SMILES string of the molecule is CC(=O)/C(N)=C/C(=N)C=O. The molecule has 4 heteroatoms. The molecule has 0 rings (SSSR count). The van der Waals surface area contributed by atoms with Gasteiger partial charge in [-0.05, 0) is 6.08 Å². The van der Waals surface area contributed by atoms with Gasteiger partial charge in [0.1, 0.15) is 0 Å². The van der Waals surface area contributed by atoms with E-state index in [4.69, 9.17) is 11.1 Å². The molecule has 0 atom stereocenters. The maximum atomic E-state index is 10.4. The highest BCUT2D eigenvalue weighted by molar-refractivity contribution is 6.33. The van der Waals surface area contributed by atoms with Crippen LogP contribution in [0.2, 0.25) is 0 Å². The topological polar surface area (TPSA) is 84.0 Å². The number of rotatable bonds is 3. The summed E-state index contributed by atoms with van der Waals surface area (Å²) in [6, 6.07) is 0. The summed E-state index contributed by atoms with van der Waals surface area (Å²) in [5, 5.41) is 6.78. The van der Waals surface area contributed by atoms with Crippen LogP contribution in [-0.4, -0.2) is 17.8 Å². The summed E-state index contributed by atoms with van der Waals surface area (Å²) in [5.41, 5.74) is 4.73. The fourth-order valence-electron chi connectivity index (χ4n) is 0.303. The number of carbonyl (C=O) groups is 2. The van der Waals surface area contributed by atoms with E-state index >= 15 is 0 Å². The van der Waals surface area contributed by atoms with Crippen LogP contribution in [0.25, 0.3) is 0 Å². The molecular weight excluding hydrogens is 132 g/mol. The Bertz CT molecular complexity index is 206. The van der Waals surface area contributed by atoms with Crippen LogP contribution in [0.15, 0.2) is 11.8 Å². The number of aldehydes is 1. The van der Waals surface area contributed by atoms with Gasteiger partial charge < -0.3 is 5.73 Å². The molecule has 0 bridgehead atoms. The Morgan fingerprint density at radius 2 is 2.10 bits per heavy atom. The quantitative estimate of drug-likeness (QED) is 0.319. The molecule has 0 aliphatic carbocycles. The average Bonchev–Trinajstić information content (AvgIpc) is 1.87. The van der Waals surface area contributed by atoms with E-state index < -0.39 is 0 Å². The van der Waals surface area contributed by atoms with Crippen LogP contribution in [-0.2, 0) is 9.59 Å². The van der Waals surface area contributed by atoms with Crippen LogP contribution < -0.4 is 5.73 Å². The Morgan fingerprint density at radius 3 is 2.40 bits per heavy atom. The monoisotopic (exact) mass is 140 g/mol. The maximum absolute atomic E-state index is 10.4. The molecule has 0 radical (unpaired) electrons. The van der Waals surface area contributed by atoms with Crippen LogP contribution in [0.3, 0.4) is 0 Å². The second-order valence-corrected chi connectivity index (χ2v) is 1.73. The van der Waals surface area contributed by atoms with E-state index in [1.165, 1.54) is 6.92 Å². The predicted molar refractivity (Wildman–Crippen MR) is 36.7 cm³/mol. The van der Waals surface area contributed by atoms with Crippen molar-refractivity contribution in [2.45, 2.75) is 6.92 Å². The first-order chi connectivity index (χ1) is 4.57. The lowest BCUT2D eigenvalue weighted by molar-refractivity contribution is -0.113. The van der Waals surface area contributed by atoms with E-state index in [9.17, 15) is 9.59 Å². The van der Waals surface area contributed by atoms with Crippen LogP contribution in [0, 0.1) is 5.41 Å². The minimum absolute atomic E-state index is 0.0721. The zero-order chi connectivity index (χ0) is 8.15. The van der Waals surface area contributed by atoms with Crippen molar-refractivity contribution in [2.75, 3.05) is 0 Å². The Balaban J connectivity index is 4.30. The van der Waals surface area contributed by atoms with E-state index in [0.717, 1.165) is 6.08 Å². The molecule has 0 fully saturated rings. The number of nitrogens with one attached hydrogen (secondary N) is 1. The summed E-state index contributed by atoms with van der Waals surface area (Å²) in [7, 11) is 0. The molecule has 4 nitrogen and oxygen atoms in total. The van der Waals surface area contributed by atoms with E-state index in [1.54, 1.807) is 0 Å². The number of hydrogen-bond acceptors (Lipinski definition) is 4. The van der Waals surface area contributed by atoms with Crippen molar-refractivity contribution in [1.29, 1.82) is 5.41 Å². The van der Waals surface area contributed by atoms with Gasteiger partial charge in [0.15, 0.2) is 12.1 Å². The first-order valence-corrected chi connectivity index (χ1v) is 2.59. The molecule has 54 valence electrons. The maximum Gasteiger partial charge on any atom is 0.175 e. The molecule has 0 amide bonds. The Hall–Kier alpha value is -1.45. The third kappa shape index (κ3) is 2.76. The lowest BCUT2D eigenvalue weighted by atomic mass is 10.2. The van der Waals surface area contributed by atoms with Crippen molar-refractivity contribution in [3.8, 4) is 0 Å². The molecule has 0 unspecified atom stereocenters. The number of Topliss-reactive ketones (excluding diaryl/α,β-unsaturated/α-hetero) is 1. The highest BCUT2D eigenvalue weighted by atomic mass is 16.1. The number of hydrogen-bond donors (Lipinski definition) is 2. The molecule has 0 spiro atoms. The smallest absolute Gasteiger partial charge is 0.175 e. The molecule has 0 saturated carbocycles. The number of nitrogens with two attached hydrogens (primary N) is 1. The van der Waals surface area contributed by atoms with E-state index in [0.29, 0.717) is 6.29 Å². The average molecular weight is 140 g/mol. The minimum Gasteiger partial charge on any atom is -0.396 e. The molecule has 0 saturated heterocycles. The van der Waals surface area contributed by atoms with E-state index in [1.807, 2.05) is 0 Å². The van der Waals surface area contributed by atoms with Gasteiger partial charge in [0, 0.05) is 6.92 Å². The van der Waals surface area contributed by atoms with Crippen molar-refractivity contribution >= 4 is 17.8 Å². The molecule has 0 aromatic heterocycles. The molecule has 3 N–H and O–H groups in total. The third-order valence-corrected chi connectivity index (χ3v) is 0.844. The number of allylic oxidation sites excluding steroid dienone is 2. The number of ketones is 1. The summed E-state index contributed by atoms with van der Waals surface area (Å²) in [6.45, 7) is 1.27. The second kappa shape index (κ2) is 3.55. The largest absolute Gasteiger partial charge is 0.396 e. The summed E-state index contributed by atoms with van der Waals surface area (Å²) in [6.07, 6.45) is 1.34. The molecule has 0 aromatic carbocycles. The van der Waals surface area contributed by atoms with Crippen LogP contribution in [0.5, 0.6) is 0 Å². The van der Waals surface area contributed by atoms with Crippen LogP contribution in [0.1, 0.15) is 6.92 Å². The molecule has 0 aliphatic rings. The predicted octanol–water partition coefficient (Wildman–Crippen LogP) is -0.363. The standard InChI is InChI=1S/C6H8N2O2/c1-4(10)6(8)2-5(7)3-9/h2-3,7H,8H2,1H3/b6-2-,7-5?. The van der Waals surface area contributed by atoms with Crippen molar-refractivity contribution < 1.29 is 9.59 Å². The first-order valence-electron chi connectivity index (χ1n) is 2.59. The van der Waals surface area contributed by atoms with Gasteiger partial charge >= 0.3 is 0 Å². The zero-order valence-corrected chi connectivity index (χ0v) is 5.55. The van der Waals surface area contributed by atoms with Crippen molar-refractivity contribution in [3.63, 3.8) is 0 Å². The lowest BCUT2D eigenvalue weighted by Crippen LogP contribution is -2.09. The fraction of sp³-hybridized carbons (Fsp3) is 0.167. The second-order valence-electron chi connectivity index (χ2n) is 1.73. The normalized spacial score (nSPS) is 10.7. The highest BCUT2D eigenvalue weighted by Gasteiger charge is 1.97. The van der Waals surface area contributed by atoms with Gasteiger partial charge in [-0.25, -0.2) is 0 Å². The van der Waals surface area contributed by atoms with E-state index in [-0.39, 0.29) is 17.2 Å². The van der Waals surface area contributed by atoms with Crippen LogP contribution in [0.4, 0.5) is 0 Å². The fourth-order valence-corrected chi connectivity index (χ4v) is 0.303. The van der Waals surface area contributed by atoms with Gasteiger partial charge in [-0.3, -0.25) is 15.0 Å². The molecule has 0 aromatic rings. The first kappa shape index (κ1) is 8.55. The minimum atomic E-state index is -0.341. The van der Waals surface area contributed by atoms with Crippen LogP contribution >= 0.6 is 0 Å². The lowest BCUT2D eigenvalue weighted by Gasteiger charge is -1.90. The Kier molecular flexibility index (Phi) is 3.04. The summed E-state index contributed by atoms with van der Waals surface area (Å²) >= 11 is 0. The van der Waals surface area contributed by atoms with Gasteiger partial charge in [0.25, 0.3) is 0 Å². The highest BCUT2D eigenvalue weighted by Crippen LogP contribution is 1.84. The summed E-state index contributed by atoms with van der Waals surface area (Å²) in [5.74, 6) is -0.341. The molecular formula is C6H8N2O2. The number of carbonyl (C=O) groups excluding carboxylic acids is 2. The Labute approximate surface area is 58.2 Å². The summed E-state index contributed by atoms with van der Waals surface area (Å²) in [4.78, 5) is 20.2. The van der Waals surface area contributed by atoms with Gasteiger partial charge in [0.2, 0.25) is 0 Å².